The second-order valence-electron chi connectivity index (χ2n) is 7.10. The van der Waals surface area contributed by atoms with Crippen LogP contribution in [0.4, 0.5) is 4.39 Å². The van der Waals surface area contributed by atoms with Gasteiger partial charge in [0.25, 0.3) is 0 Å². The lowest BCUT2D eigenvalue weighted by molar-refractivity contribution is 0.628. The number of aromatic nitrogens is 6. The number of nitrogens with zero attached hydrogens (tertiary/aromatic N) is 6. The first-order chi connectivity index (χ1) is 15.6. The van der Waals surface area contributed by atoms with E-state index in [4.69, 9.17) is 4.98 Å². The maximum atomic E-state index is 13.8. The molecule has 4 heterocycles. The van der Waals surface area contributed by atoms with Crippen LogP contribution in [0, 0.1) is 5.82 Å². The first kappa shape index (κ1) is 19.4. The van der Waals surface area contributed by atoms with E-state index >= 15 is 0 Å². The molecule has 156 valence electrons. The van der Waals surface area contributed by atoms with Crippen LogP contribution < -0.4 is 0 Å². The van der Waals surface area contributed by atoms with Gasteiger partial charge in [0.1, 0.15) is 23.4 Å². The van der Waals surface area contributed by atoms with Crippen molar-refractivity contribution >= 4 is 40.8 Å². The molecule has 9 heteroatoms. The third-order valence-electron chi connectivity index (χ3n) is 5.03. The molecule has 0 saturated heterocycles. The Hall–Kier alpha value is -4.53. The summed E-state index contributed by atoms with van der Waals surface area (Å²) < 4.78 is 13.8. The third-order valence-corrected chi connectivity index (χ3v) is 5.03. The van der Waals surface area contributed by atoms with Crippen LogP contribution in [0.2, 0.25) is 0 Å². The number of hydrogen-bond acceptors (Lipinski definition) is 5. The van der Waals surface area contributed by atoms with Crippen molar-refractivity contribution in [3.8, 4) is 22.6 Å². The van der Waals surface area contributed by atoms with Gasteiger partial charge in [-0.1, -0.05) is 12.1 Å². The Balaban J connectivity index is 1.62. The Morgan fingerprint density at radius 1 is 1.16 bits per heavy atom. The molecule has 0 fully saturated rings. The van der Waals surface area contributed by atoms with E-state index in [0.717, 1.165) is 27.6 Å². The number of pyridine rings is 2. The molecule has 0 atom stereocenters. The second kappa shape index (κ2) is 7.95. The van der Waals surface area contributed by atoms with Gasteiger partial charge in [-0.25, -0.2) is 24.3 Å². The van der Waals surface area contributed by atoms with Gasteiger partial charge in [0.15, 0.2) is 17.1 Å². The number of H-pyrrole nitrogens is 2. The number of allylic oxidation sites excluding steroid dienone is 1. The van der Waals surface area contributed by atoms with Crippen LogP contribution in [0.5, 0.6) is 0 Å². The number of nitrogens with one attached hydrogen (secondary N) is 2. The molecular weight excluding hydrogens is 407 g/mol. The summed E-state index contributed by atoms with van der Waals surface area (Å²) in [5, 5.41) is 8.15. The Morgan fingerprint density at radius 2 is 2.06 bits per heavy atom. The number of imidazole rings is 1. The highest BCUT2D eigenvalue weighted by molar-refractivity contribution is 5.95. The molecule has 0 aliphatic carbocycles. The molecule has 0 saturated carbocycles. The van der Waals surface area contributed by atoms with Gasteiger partial charge < -0.3 is 4.98 Å². The molecule has 1 aromatic carbocycles. The maximum Gasteiger partial charge on any atom is 0.161 e. The summed E-state index contributed by atoms with van der Waals surface area (Å²) in [6.07, 6.45) is 6.47. The lowest BCUT2D eigenvalue weighted by Gasteiger charge is -2.02. The van der Waals surface area contributed by atoms with E-state index < -0.39 is 0 Å². The van der Waals surface area contributed by atoms with Crippen molar-refractivity contribution in [3.05, 3.63) is 66.4 Å². The number of aromatic amines is 2. The van der Waals surface area contributed by atoms with Gasteiger partial charge >= 0.3 is 0 Å². The minimum Gasteiger partial charge on any atom is -0.321 e. The number of hydrogen-bond donors (Lipinski definition) is 2. The third kappa shape index (κ3) is 3.45. The van der Waals surface area contributed by atoms with Crippen LogP contribution >= 0.6 is 0 Å². The molecule has 2 N–H and O–H groups in total. The van der Waals surface area contributed by atoms with Crippen molar-refractivity contribution in [3.63, 3.8) is 0 Å². The molecule has 5 aromatic rings. The summed E-state index contributed by atoms with van der Waals surface area (Å²) in [5.74, 6) is 0.230. The lowest BCUT2D eigenvalue weighted by atomic mass is 10.1. The van der Waals surface area contributed by atoms with E-state index in [1.54, 1.807) is 24.7 Å². The zero-order chi connectivity index (χ0) is 22.1. The summed E-state index contributed by atoms with van der Waals surface area (Å²) >= 11 is 0. The molecular formula is C23H17FN8. The molecule has 0 aliphatic rings. The number of halogens is 1. The molecule has 0 aliphatic heterocycles. The zero-order valence-corrected chi connectivity index (χ0v) is 17.0. The quantitative estimate of drug-likeness (QED) is 0.312. The van der Waals surface area contributed by atoms with E-state index in [1.807, 2.05) is 25.1 Å². The van der Waals surface area contributed by atoms with E-state index in [9.17, 15) is 4.39 Å². The summed E-state index contributed by atoms with van der Waals surface area (Å²) in [5.41, 5.74) is 5.76. The average Bonchev–Trinajstić information content (AvgIpc) is 3.42. The normalized spacial score (nSPS) is 12.2. The summed E-state index contributed by atoms with van der Waals surface area (Å²) in [6.45, 7) is 5.30. The highest BCUT2D eigenvalue weighted by atomic mass is 19.1. The molecule has 4 aromatic heterocycles. The van der Waals surface area contributed by atoms with Gasteiger partial charge in [0.2, 0.25) is 0 Å². The minimum atomic E-state index is -0.309. The van der Waals surface area contributed by atoms with Gasteiger partial charge in [0.05, 0.1) is 5.39 Å². The number of fused-ring (bicyclic) bond motifs is 2. The number of benzene rings is 1. The molecule has 8 nitrogen and oxygen atoms in total. The van der Waals surface area contributed by atoms with E-state index in [0.29, 0.717) is 28.3 Å². The standard InChI is InChI=1S/C23H17FN8/c1-13(10-26-12-25-2)15-9-18-20(31-32-21(18)28-11-15)23-29-19-17(6-7-27-22(19)30-23)14-4-3-5-16(24)8-14/h3-12H,2H2,1H3,(H,27,29,30)(H,28,31,32)/b13-10+,26-12-. The molecule has 0 bridgehead atoms. The van der Waals surface area contributed by atoms with Crippen molar-refractivity contribution in [1.82, 2.24) is 30.1 Å². The van der Waals surface area contributed by atoms with Crippen molar-refractivity contribution in [2.45, 2.75) is 6.92 Å². The van der Waals surface area contributed by atoms with Gasteiger partial charge in [-0.05, 0) is 54.6 Å². The van der Waals surface area contributed by atoms with Crippen LogP contribution in [-0.4, -0.2) is 43.2 Å². The van der Waals surface area contributed by atoms with Crippen LogP contribution in [0.1, 0.15) is 12.5 Å². The smallest absolute Gasteiger partial charge is 0.161 e. The molecule has 0 radical (unpaired) electrons. The SMILES string of the molecule is C=N/C=N\C=C(/C)c1cnc2[nH]nc(-c3nc4c(-c5cccc(F)c5)ccnc4[nH]3)c2c1. The molecule has 5 rings (SSSR count). The van der Waals surface area contributed by atoms with Gasteiger partial charge in [-0.2, -0.15) is 5.10 Å². The highest BCUT2D eigenvalue weighted by Gasteiger charge is 2.17. The largest absolute Gasteiger partial charge is 0.321 e. The van der Waals surface area contributed by atoms with Crippen molar-refractivity contribution in [2.24, 2.45) is 9.98 Å². The lowest BCUT2D eigenvalue weighted by Crippen LogP contribution is -1.85. The first-order valence-corrected chi connectivity index (χ1v) is 9.74. The topological polar surface area (TPSA) is 108 Å². The van der Waals surface area contributed by atoms with Crippen LogP contribution in [0.15, 0.2) is 65.0 Å². The minimum absolute atomic E-state index is 0.309. The van der Waals surface area contributed by atoms with Crippen LogP contribution in [0.3, 0.4) is 0 Å². The second-order valence-corrected chi connectivity index (χ2v) is 7.10. The summed E-state index contributed by atoms with van der Waals surface area (Å²) in [7, 11) is 0. The van der Waals surface area contributed by atoms with Gasteiger partial charge in [-0.15, -0.1) is 0 Å². The zero-order valence-electron chi connectivity index (χ0n) is 17.0. The summed E-state index contributed by atoms with van der Waals surface area (Å²) in [4.78, 5) is 24.5. The Bertz CT molecular complexity index is 1530. The van der Waals surface area contributed by atoms with Gasteiger partial charge in [-0.3, -0.25) is 10.1 Å². The number of aliphatic imine (C=N–C) groups is 2. The molecule has 0 unspecified atom stereocenters. The van der Waals surface area contributed by atoms with Crippen LogP contribution in [-0.2, 0) is 0 Å². The first-order valence-electron chi connectivity index (χ1n) is 9.74. The van der Waals surface area contributed by atoms with Crippen molar-refractivity contribution in [2.75, 3.05) is 0 Å². The summed E-state index contributed by atoms with van der Waals surface area (Å²) in [6, 6.07) is 10.2. The fourth-order valence-electron chi connectivity index (χ4n) is 3.48. The monoisotopic (exact) mass is 424 g/mol. The fourth-order valence-corrected chi connectivity index (χ4v) is 3.48. The molecule has 0 amide bonds. The van der Waals surface area contributed by atoms with E-state index in [2.05, 4.69) is 41.9 Å². The predicted octanol–water partition coefficient (Wildman–Crippen LogP) is 4.79. The van der Waals surface area contributed by atoms with Crippen molar-refractivity contribution < 1.29 is 4.39 Å². The predicted molar refractivity (Wildman–Crippen MR) is 124 cm³/mol. The van der Waals surface area contributed by atoms with Gasteiger partial charge in [0, 0.05) is 24.2 Å². The van der Waals surface area contributed by atoms with E-state index in [1.165, 1.54) is 18.5 Å². The van der Waals surface area contributed by atoms with E-state index in [-0.39, 0.29) is 5.82 Å². The Labute approximate surface area is 181 Å². The Kier molecular flexibility index (Phi) is 4.83. The highest BCUT2D eigenvalue weighted by Crippen LogP contribution is 2.31. The van der Waals surface area contributed by atoms with Crippen molar-refractivity contribution in [1.29, 1.82) is 0 Å². The maximum absolute atomic E-state index is 13.8. The number of rotatable bonds is 5. The average molecular weight is 424 g/mol. The molecule has 0 spiro atoms. The Morgan fingerprint density at radius 3 is 2.91 bits per heavy atom. The fraction of sp³-hybridized carbons (Fsp3) is 0.0435. The molecule has 32 heavy (non-hydrogen) atoms. The van der Waals surface area contributed by atoms with Crippen LogP contribution in [0.25, 0.3) is 50.4 Å².